The smallest absolute Gasteiger partial charge is 0.308 e. The Morgan fingerprint density at radius 2 is 2.00 bits per heavy atom. The Labute approximate surface area is 112 Å². The highest BCUT2D eigenvalue weighted by atomic mass is 16.5. The molecule has 0 saturated heterocycles. The third kappa shape index (κ3) is 3.92. The number of carboxylic acids is 1. The normalized spacial score (nSPS) is 11.6. The molecule has 0 saturated carbocycles. The van der Waals surface area contributed by atoms with E-state index in [9.17, 15) is 9.59 Å². The number of aliphatic carboxylic acids is 1. The second kappa shape index (κ2) is 6.02. The molecule has 0 aliphatic rings. The fraction of sp³-hybridized carbons (Fsp3) is 0.571. The van der Waals surface area contributed by atoms with E-state index >= 15 is 0 Å². The van der Waals surface area contributed by atoms with Gasteiger partial charge in [0, 0.05) is 30.3 Å². The molecule has 0 unspecified atom stereocenters. The number of carbonyl (C=O) groups is 1. The van der Waals surface area contributed by atoms with Crippen LogP contribution in [-0.4, -0.2) is 29.4 Å². The van der Waals surface area contributed by atoms with Gasteiger partial charge in [-0.25, -0.2) is 0 Å². The van der Waals surface area contributed by atoms with Crippen LogP contribution in [0.1, 0.15) is 32.0 Å². The number of methoxy groups -OCH3 is 1. The molecule has 1 aromatic heterocycles. The monoisotopic (exact) mass is 267 g/mol. The molecule has 5 heteroatoms. The van der Waals surface area contributed by atoms with E-state index in [4.69, 9.17) is 9.84 Å². The summed E-state index contributed by atoms with van der Waals surface area (Å²) in [6.45, 7) is 6.89. The van der Waals surface area contributed by atoms with Crippen molar-refractivity contribution in [2.24, 2.45) is 0 Å². The molecule has 0 aromatic carbocycles. The van der Waals surface area contributed by atoms with Gasteiger partial charge in [0.25, 0.3) is 5.56 Å². The first kappa shape index (κ1) is 15.4. The highest BCUT2D eigenvalue weighted by Gasteiger charge is 2.20. The lowest BCUT2D eigenvalue weighted by molar-refractivity contribution is -0.136. The number of hydrogen-bond donors (Lipinski definition) is 1. The molecule has 5 nitrogen and oxygen atoms in total. The first-order valence-corrected chi connectivity index (χ1v) is 6.21. The van der Waals surface area contributed by atoms with E-state index in [1.807, 2.05) is 26.8 Å². The van der Waals surface area contributed by atoms with Crippen molar-refractivity contribution in [3.05, 3.63) is 33.7 Å². The molecule has 19 heavy (non-hydrogen) atoms. The molecule has 0 radical (unpaired) electrons. The van der Waals surface area contributed by atoms with E-state index in [0.717, 1.165) is 5.69 Å². The van der Waals surface area contributed by atoms with Gasteiger partial charge in [-0.15, -0.1) is 0 Å². The average Bonchev–Trinajstić information content (AvgIpc) is 2.28. The second-order valence-corrected chi connectivity index (χ2v) is 5.51. The largest absolute Gasteiger partial charge is 0.481 e. The van der Waals surface area contributed by atoms with Crippen LogP contribution >= 0.6 is 0 Å². The van der Waals surface area contributed by atoms with Gasteiger partial charge in [0.05, 0.1) is 13.0 Å². The fourth-order valence-electron chi connectivity index (χ4n) is 1.98. The predicted octanol–water partition coefficient (Wildman–Crippen LogP) is 1.42. The Bertz CT molecular complexity index is 511. The van der Waals surface area contributed by atoms with Crippen LogP contribution < -0.4 is 5.56 Å². The summed E-state index contributed by atoms with van der Waals surface area (Å²) in [6.07, 6.45) is -0.254. The van der Waals surface area contributed by atoms with Crippen LogP contribution in [-0.2, 0) is 27.9 Å². The highest BCUT2D eigenvalue weighted by molar-refractivity contribution is 5.70. The minimum absolute atomic E-state index is 0.186. The maximum Gasteiger partial charge on any atom is 0.308 e. The lowest BCUT2D eigenvalue weighted by Gasteiger charge is -2.24. The molecule has 1 heterocycles. The number of pyridine rings is 1. The Kier molecular flexibility index (Phi) is 4.89. The molecule has 0 bridgehead atoms. The van der Waals surface area contributed by atoms with E-state index in [2.05, 4.69) is 0 Å². The summed E-state index contributed by atoms with van der Waals surface area (Å²) >= 11 is 0. The van der Waals surface area contributed by atoms with E-state index in [0.29, 0.717) is 18.7 Å². The number of hydrogen-bond acceptors (Lipinski definition) is 3. The number of nitrogens with zero attached hydrogens (tertiary/aromatic N) is 1. The molecule has 0 amide bonds. The summed E-state index contributed by atoms with van der Waals surface area (Å²) in [5.74, 6) is -1.00. The molecule has 1 aromatic rings. The molecular formula is C14H21NO4. The quantitative estimate of drug-likeness (QED) is 0.876. The van der Waals surface area contributed by atoms with Gasteiger partial charge >= 0.3 is 5.97 Å². The van der Waals surface area contributed by atoms with Crippen molar-refractivity contribution in [1.82, 2.24) is 4.57 Å². The van der Waals surface area contributed by atoms with Crippen molar-refractivity contribution in [3.8, 4) is 0 Å². The summed E-state index contributed by atoms with van der Waals surface area (Å²) in [5, 5.41) is 8.81. The number of carboxylic acid groups (broad SMARTS) is 1. The maximum absolute atomic E-state index is 12.3. The highest BCUT2D eigenvalue weighted by Crippen LogP contribution is 2.21. The summed E-state index contributed by atoms with van der Waals surface area (Å²) in [4.78, 5) is 23.1. The maximum atomic E-state index is 12.3. The van der Waals surface area contributed by atoms with Crippen molar-refractivity contribution < 1.29 is 14.6 Å². The zero-order valence-electron chi connectivity index (χ0n) is 11.9. The van der Waals surface area contributed by atoms with Crippen LogP contribution in [0.25, 0.3) is 0 Å². The molecule has 106 valence electrons. The zero-order valence-corrected chi connectivity index (χ0v) is 11.9. The third-order valence-corrected chi connectivity index (χ3v) is 2.88. The molecular weight excluding hydrogens is 246 g/mol. The van der Waals surface area contributed by atoms with E-state index in [-0.39, 0.29) is 17.4 Å². The molecule has 1 N–H and O–H groups in total. The van der Waals surface area contributed by atoms with Gasteiger partial charge in [-0.05, 0) is 6.07 Å². The van der Waals surface area contributed by atoms with Crippen LogP contribution in [0.5, 0.6) is 0 Å². The third-order valence-electron chi connectivity index (χ3n) is 2.88. The van der Waals surface area contributed by atoms with Crippen molar-refractivity contribution in [1.29, 1.82) is 0 Å². The summed E-state index contributed by atoms with van der Waals surface area (Å²) in [7, 11) is 1.57. The van der Waals surface area contributed by atoms with Crippen LogP contribution in [0, 0.1) is 0 Å². The van der Waals surface area contributed by atoms with Gasteiger partial charge < -0.3 is 14.4 Å². The minimum atomic E-state index is -1.00. The predicted molar refractivity (Wildman–Crippen MR) is 72.6 cm³/mol. The van der Waals surface area contributed by atoms with Crippen molar-refractivity contribution in [2.45, 2.75) is 39.2 Å². The Morgan fingerprint density at radius 1 is 1.37 bits per heavy atom. The number of ether oxygens (including phenoxy) is 1. The summed E-state index contributed by atoms with van der Waals surface area (Å²) in [5.41, 5.74) is 0.751. The van der Waals surface area contributed by atoms with Crippen LogP contribution in [0.3, 0.4) is 0 Å². The van der Waals surface area contributed by atoms with Crippen molar-refractivity contribution in [3.63, 3.8) is 0 Å². The first-order chi connectivity index (χ1) is 8.77. The second-order valence-electron chi connectivity index (χ2n) is 5.51. The Hall–Kier alpha value is -1.62. The van der Waals surface area contributed by atoms with Gasteiger partial charge in [0.15, 0.2) is 0 Å². The van der Waals surface area contributed by atoms with Crippen molar-refractivity contribution >= 4 is 5.97 Å². The van der Waals surface area contributed by atoms with E-state index in [1.165, 1.54) is 0 Å². The summed E-state index contributed by atoms with van der Waals surface area (Å²) in [6, 6.07) is 3.44. The SMILES string of the molecule is COCCn1c(C(C)(C)C)ccc(CC(=O)O)c1=O. The molecule has 0 fully saturated rings. The van der Waals surface area contributed by atoms with Gasteiger partial charge in [-0.3, -0.25) is 9.59 Å². The lowest BCUT2D eigenvalue weighted by atomic mass is 9.90. The fourth-order valence-corrected chi connectivity index (χ4v) is 1.98. The van der Waals surface area contributed by atoms with Crippen LogP contribution in [0.2, 0.25) is 0 Å². The zero-order chi connectivity index (χ0) is 14.6. The van der Waals surface area contributed by atoms with Gasteiger partial charge in [0.2, 0.25) is 0 Å². The first-order valence-electron chi connectivity index (χ1n) is 6.21. The topological polar surface area (TPSA) is 68.5 Å². The Balaban J connectivity index is 3.32. The molecule has 0 aliphatic heterocycles. The van der Waals surface area contributed by atoms with Gasteiger partial charge in [0.1, 0.15) is 0 Å². The number of aromatic nitrogens is 1. The minimum Gasteiger partial charge on any atom is -0.481 e. The van der Waals surface area contributed by atoms with Crippen LogP contribution in [0.15, 0.2) is 16.9 Å². The lowest BCUT2D eigenvalue weighted by Crippen LogP contribution is -2.33. The van der Waals surface area contributed by atoms with Crippen LogP contribution in [0.4, 0.5) is 0 Å². The molecule has 0 spiro atoms. The molecule has 1 rings (SSSR count). The average molecular weight is 267 g/mol. The van der Waals surface area contributed by atoms with E-state index in [1.54, 1.807) is 17.7 Å². The Morgan fingerprint density at radius 3 is 2.47 bits per heavy atom. The number of rotatable bonds is 5. The standard InChI is InChI=1S/C14H21NO4/c1-14(2,3)11-6-5-10(9-12(16)17)13(18)15(11)7-8-19-4/h5-6H,7-9H2,1-4H3,(H,16,17). The van der Waals surface area contributed by atoms with Gasteiger partial charge in [-0.1, -0.05) is 26.8 Å². The van der Waals surface area contributed by atoms with Crippen molar-refractivity contribution in [2.75, 3.05) is 13.7 Å². The summed E-state index contributed by atoms with van der Waals surface area (Å²) < 4.78 is 6.63. The molecule has 0 atom stereocenters. The molecule has 0 aliphatic carbocycles. The van der Waals surface area contributed by atoms with E-state index < -0.39 is 5.97 Å². The van der Waals surface area contributed by atoms with Gasteiger partial charge in [-0.2, -0.15) is 0 Å².